The van der Waals surface area contributed by atoms with Crippen LogP contribution < -0.4 is 10.6 Å². The van der Waals surface area contributed by atoms with Gasteiger partial charge in [0.1, 0.15) is 5.82 Å². The van der Waals surface area contributed by atoms with Crippen molar-refractivity contribution in [3.05, 3.63) is 118 Å². The van der Waals surface area contributed by atoms with Crippen LogP contribution in [0.1, 0.15) is 20.7 Å². The van der Waals surface area contributed by atoms with E-state index in [0.717, 1.165) is 16.6 Å². The van der Waals surface area contributed by atoms with Crippen LogP contribution in [0.2, 0.25) is 0 Å². The number of aromatic nitrogens is 2. The van der Waals surface area contributed by atoms with Gasteiger partial charge >= 0.3 is 0 Å². The average Bonchev–Trinajstić information content (AvgIpc) is 3.33. The quantitative estimate of drug-likeness (QED) is 0.215. The molecule has 9 nitrogen and oxygen atoms in total. The third-order valence-corrected chi connectivity index (χ3v) is 5.53. The van der Waals surface area contributed by atoms with E-state index in [0.29, 0.717) is 28.3 Å². The second-order valence-corrected chi connectivity index (χ2v) is 7.97. The van der Waals surface area contributed by atoms with Crippen LogP contribution in [0.5, 0.6) is 0 Å². The van der Waals surface area contributed by atoms with Crippen LogP contribution in [0.3, 0.4) is 0 Å². The molecule has 9 heteroatoms. The summed E-state index contributed by atoms with van der Waals surface area (Å²) in [4.78, 5) is 43.0. The van der Waals surface area contributed by atoms with Gasteiger partial charge in [0.05, 0.1) is 16.0 Å². The number of nitrogens with one attached hydrogen (secondary N) is 3. The van der Waals surface area contributed by atoms with Crippen LogP contribution in [-0.4, -0.2) is 26.7 Å². The summed E-state index contributed by atoms with van der Waals surface area (Å²) in [6.07, 6.45) is 0. The molecule has 0 aliphatic rings. The predicted octanol–water partition coefficient (Wildman–Crippen LogP) is 5.64. The van der Waals surface area contributed by atoms with Crippen molar-refractivity contribution >= 4 is 39.9 Å². The molecule has 0 aliphatic heterocycles. The maximum atomic E-state index is 12.4. The maximum absolute atomic E-state index is 12.4. The molecule has 5 rings (SSSR count). The molecule has 0 radical (unpaired) electrons. The van der Waals surface area contributed by atoms with Gasteiger partial charge in [0, 0.05) is 40.2 Å². The first-order valence-electron chi connectivity index (χ1n) is 11.0. The minimum absolute atomic E-state index is 0.0765. The number of rotatable bonds is 6. The van der Waals surface area contributed by atoms with Crippen LogP contribution in [0.25, 0.3) is 22.4 Å². The number of fused-ring (bicyclic) bond motifs is 1. The number of aromatic amines is 1. The number of imidazole rings is 1. The van der Waals surface area contributed by atoms with Gasteiger partial charge in [-0.05, 0) is 66.7 Å². The molecule has 1 heterocycles. The Hall–Kier alpha value is -5.31. The topological polar surface area (TPSA) is 130 Å². The summed E-state index contributed by atoms with van der Waals surface area (Å²) in [5, 5.41) is 16.4. The van der Waals surface area contributed by atoms with Gasteiger partial charge in [0.15, 0.2) is 0 Å². The molecule has 5 aromatic rings. The van der Waals surface area contributed by atoms with Crippen LogP contribution in [0.15, 0.2) is 97.1 Å². The Labute approximate surface area is 205 Å². The number of carbonyl (C=O) groups is 2. The fourth-order valence-electron chi connectivity index (χ4n) is 3.67. The van der Waals surface area contributed by atoms with Crippen molar-refractivity contribution in [3.8, 4) is 11.4 Å². The average molecular weight is 477 g/mol. The van der Waals surface area contributed by atoms with E-state index in [1.165, 1.54) is 24.3 Å². The second-order valence-electron chi connectivity index (χ2n) is 7.97. The van der Waals surface area contributed by atoms with Gasteiger partial charge in [-0.2, -0.15) is 0 Å². The highest BCUT2D eigenvalue weighted by Gasteiger charge is 2.12. The second kappa shape index (κ2) is 9.51. The zero-order valence-electron chi connectivity index (χ0n) is 18.8. The standard InChI is InChI=1S/C27H19N5O4/c33-26(18-4-2-1-3-5-18)29-21-12-15-23-24(16-21)31-25(30-23)17-6-10-20(11-7-17)28-27(34)19-8-13-22(14-9-19)32(35)36/h1-16H,(H,28,34)(H,29,33)(H,30,31). The molecule has 0 saturated carbocycles. The van der Waals surface area contributed by atoms with Gasteiger partial charge < -0.3 is 15.6 Å². The van der Waals surface area contributed by atoms with Crippen LogP contribution in [-0.2, 0) is 0 Å². The van der Waals surface area contributed by atoms with Gasteiger partial charge in [-0.3, -0.25) is 19.7 Å². The largest absolute Gasteiger partial charge is 0.338 e. The van der Waals surface area contributed by atoms with E-state index in [-0.39, 0.29) is 17.5 Å². The Morgan fingerprint density at radius 2 is 1.36 bits per heavy atom. The van der Waals surface area contributed by atoms with E-state index in [2.05, 4.69) is 20.6 Å². The number of nitro benzene ring substituents is 1. The molecule has 0 bridgehead atoms. The number of hydrogen-bond acceptors (Lipinski definition) is 5. The van der Waals surface area contributed by atoms with E-state index in [4.69, 9.17) is 0 Å². The number of non-ortho nitro benzene ring substituents is 1. The van der Waals surface area contributed by atoms with E-state index in [9.17, 15) is 19.7 Å². The molecule has 4 aromatic carbocycles. The Bertz CT molecular complexity index is 1580. The van der Waals surface area contributed by atoms with Crippen molar-refractivity contribution in [1.29, 1.82) is 0 Å². The molecular weight excluding hydrogens is 458 g/mol. The molecule has 0 atom stereocenters. The molecule has 36 heavy (non-hydrogen) atoms. The summed E-state index contributed by atoms with van der Waals surface area (Å²) in [6.45, 7) is 0. The minimum atomic E-state index is -0.514. The number of H-pyrrole nitrogens is 1. The fraction of sp³-hybridized carbons (Fsp3) is 0. The van der Waals surface area contributed by atoms with Crippen LogP contribution in [0.4, 0.5) is 17.1 Å². The Morgan fingerprint density at radius 1 is 0.750 bits per heavy atom. The normalized spacial score (nSPS) is 10.7. The van der Waals surface area contributed by atoms with Crippen molar-refractivity contribution < 1.29 is 14.5 Å². The lowest BCUT2D eigenvalue weighted by atomic mass is 10.1. The highest BCUT2D eigenvalue weighted by molar-refractivity contribution is 6.05. The van der Waals surface area contributed by atoms with Gasteiger partial charge in [0.2, 0.25) is 0 Å². The first kappa shape index (κ1) is 22.5. The molecule has 3 N–H and O–H groups in total. The first-order chi connectivity index (χ1) is 17.5. The summed E-state index contributed by atoms with van der Waals surface area (Å²) in [5.74, 6) is 0.0808. The molecule has 0 saturated heterocycles. The highest BCUT2D eigenvalue weighted by Crippen LogP contribution is 2.25. The number of nitro groups is 1. The van der Waals surface area contributed by atoms with Gasteiger partial charge in [-0.25, -0.2) is 4.98 Å². The van der Waals surface area contributed by atoms with Crippen molar-refractivity contribution in [1.82, 2.24) is 9.97 Å². The molecule has 0 fully saturated rings. The molecule has 0 aliphatic carbocycles. The van der Waals surface area contributed by atoms with Crippen molar-refractivity contribution in [3.63, 3.8) is 0 Å². The Kier molecular flexibility index (Phi) is 5.94. The minimum Gasteiger partial charge on any atom is -0.338 e. The summed E-state index contributed by atoms with van der Waals surface area (Å²) in [5.41, 5.74) is 4.37. The first-order valence-corrected chi connectivity index (χ1v) is 11.0. The number of nitrogens with zero attached hydrogens (tertiary/aromatic N) is 2. The molecule has 2 amide bonds. The lowest BCUT2D eigenvalue weighted by Gasteiger charge is -2.06. The predicted molar refractivity (Wildman–Crippen MR) is 137 cm³/mol. The number of hydrogen-bond donors (Lipinski definition) is 3. The molecular formula is C27H19N5O4. The lowest BCUT2D eigenvalue weighted by Crippen LogP contribution is -2.11. The Balaban J connectivity index is 1.28. The zero-order valence-corrected chi connectivity index (χ0v) is 18.8. The third kappa shape index (κ3) is 4.80. The van der Waals surface area contributed by atoms with Crippen molar-refractivity contribution in [2.24, 2.45) is 0 Å². The zero-order chi connectivity index (χ0) is 25.1. The van der Waals surface area contributed by atoms with Crippen molar-refractivity contribution in [2.75, 3.05) is 10.6 Å². The van der Waals surface area contributed by atoms with Gasteiger partial charge in [0.25, 0.3) is 17.5 Å². The van der Waals surface area contributed by atoms with Crippen LogP contribution >= 0.6 is 0 Å². The van der Waals surface area contributed by atoms with E-state index < -0.39 is 4.92 Å². The number of carbonyl (C=O) groups excluding carboxylic acids is 2. The lowest BCUT2D eigenvalue weighted by molar-refractivity contribution is -0.384. The number of anilines is 2. The summed E-state index contributed by atoms with van der Waals surface area (Å²) < 4.78 is 0. The Morgan fingerprint density at radius 3 is 2.03 bits per heavy atom. The highest BCUT2D eigenvalue weighted by atomic mass is 16.6. The maximum Gasteiger partial charge on any atom is 0.269 e. The fourth-order valence-corrected chi connectivity index (χ4v) is 3.67. The number of amides is 2. The molecule has 176 valence electrons. The number of benzene rings is 4. The van der Waals surface area contributed by atoms with E-state index in [1.807, 2.05) is 42.5 Å². The monoisotopic (exact) mass is 477 g/mol. The summed E-state index contributed by atoms with van der Waals surface area (Å²) >= 11 is 0. The SMILES string of the molecule is O=C(Nc1ccc(-c2nc3ccc(NC(=O)c4ccccc4)cc3[nH]2)cc1)c1ccc([N+](=O)[O-])cc1. The van der Waals surface area contributed by atoms with Gasteiger partial charge in [-0.15, -0.1) is 0 Å². The van der Waals surface area contributed by atoms with Crippen LogP contribution in [0, 0.1) is 10.1 Å². The van der Waals surface area contributed by atoms with Crippen molar-refractivity contribution in [2.45, 2.75) is 0 Å². The van der Waals surface area contributed by atoms with E-state index in [1.54, 1.807) is 30.3 Å². The smallest absolute Gasteiger partial charge is 0.269 e. The molecule has 1 aromatic heterocycles. The summed E-state index contributed by atoms with van der Waals surface area (Å²) in [6, 6.07) is 27.0. The molecule has 0 unspecified atom stereocenters. The van der Waals surface area contributed by atoms with E-state index >= 15 is 0 Å². The molecule has 0 spiro atoms. The summed E-state index contributed by atoms with van der Waals surface area (Å²) in [7, 11) is 0. The van der Waals surface area contributed by atoms with Gasteiger partial charge in [-0.1, -0.05) is 18.2 Å². The third-order valence-electron chi connectivity index (χ3n) is 5.53.